The van der Waals surface area contributed by atoms with Gasteiger partial charge in [-0.2, -0.15) is 0 Å². The molecule has 2 N–H and O–H groups in total. The molecule has 0 saturated heterocycles. The van der Waals surface area contributed by atoms with E-state index < -0.39 is 0 Å². The second-order valence-corrected chi connectivity index (χ2v) is 3.94. The van der Waals surface area contributed by atoms with E-state index in [1.54, 1.807) is 0 Å². The summed E-state index contributed by atoms with van der Waals surface area (Å²) in [4.78, 5) is 11.7. The highest BCUT2D eigenvalue weighted by Gasteiger charge is 2.08. The topological polar surface area (TPSA) is 49.3 Å². The molecule has 0 radical (unpaired) electrons. The smallest absolute Gasteiger partial charge is 0.251 e. The summed E-state index contributed by atoms with van der Waals surface area (Å²) in [6.07, 6.45) is 1.56. The molecule has 1 aromatic carbocycles. The fourth-order valence-electron chi connectivity index (χ4n) is 1.46. The summed E-state index contributed by atoms with van der Waals surface area (Å²) >= 11 is 0. The number of hydrogen-bond acceptors (Lipinski definition) is 2. The maximum Gasteiger partial charge on any atom is 0.251 e. The van der Waals surface area contributed by atoms with Gasteiger partial charge in [0.1, 0.15) is 0 Å². The molecular weight excluding hydrogens is 202 g/mol. The monoisotopic (exact) mass is 221 g/mol. The number of benzene rings is 1. The number of aliphatic hydroxyl groups excluding tert-OH is 1. The number of nitrogens with one attached hydrogen (secondary N) is 1. The summed E-state index contributed by atoms with van der Waals surface area (Å²) in [6, 6.07) is 7.60. The minimum atomic E-state index is -0.0800. The molecule has 0 fully saturated rings. The lowest BCUT2D eigenvalue weighted by Crippen LogP contribution is -2.33. The largest absolute Gasteiger partial charge is 0.396 e. The van der Waals surface area contributed by atoms with E-state index in [-0.39, 0.29) is 18.6 Å². The van der Waals surface area contributed by atoms with E-state index in [0.717, 1.165) is 6.42 Å². The fraction of sp³-hybridized carbons (Fsp3) is 0.462. The van der Waals surface area contributed by atoms with Crippen LogP contribution in [0.25, 0.3) is 0 Å². The van der Waals surface area contributed by atoms with E-state index in [0.29, 0.717) is 12.0 Å². The van der Waals surface area contributed by atoms with Crippen molar-refractivity contribution in [2.75, 3.05) is 6.61 Å². The highest BCUT2D eigenvalue weighted by molar-refractivity contribution is 5.94. The van der Waals surface area contributed by atoms with Crippen LogP contribution in [-0.2, 0) is 6.42 Å². The molecule has 0 aliphatic carbocycles. The van der Waals surface area contributed by atoms with Gasteiger partial charge in [0.15, 0.2) is 0 Å². The summed E-state index contributed by atoms with van der Waals surface area (Å²) in [5.74, 6) is -0.0800. The molecule has 0 saturated carbocycles. The Labute approximate surface area is 96.5 Å². The van der Waals surface area contributed by atoms with E-state index >= 15 is 0 Å². The third kappa shape index (κ3) is 3.66. The van der Waals surface area contributed by atoms with Crippen molar-refractivity contribution in [2.45, 2.75) is 32.7 Å². The molecule has 0 aliphatic heterocycles. The second-order valence-electron chi connectivity index (χ2n) is 3.94. The lowest BCUT2D eigenvalue weighted by molar-refractivity contribution is 0.0934. The fourth-order valence-corrected chi connectivity index (χ4v) is 1.46. The maximum absolute atomic E-state index is 11.7. The van der Waals surface area contributed by atoms with Crippen molar-refractivity contribution in [2.24, 2.45) is 0 Å². The zero-order valence-electron chi connectivity index (χ0n) is 9.86. The molecular formula is C13H19NO2. The Morgan fingerprint density at radius 2 is 2.00 bits per heavy atom. The Hall–Kier alpha value is -1.35. The van der Waals surface area contributed by atoms with Gasteiger partial charge in [0, 0.05) is 18.2 Å². The lowest BCUT2D eigenvalue weighted by Gasteiger charge is -2.12. The molecule has 0 aromatic heterocycles. The normalized spacial score (nSPS) is 12.2. The number of aliphatic hydroxyl groups is 1. The zero-order chi connectivity index (χ0) is 12.0. The molecule has 0 heterocycles. The van der Waals surface area contributed by atoms with E-state index in [9.17, 15) is 4.79 Å². The van der Waals surface area contributed by atoms with Crippen LogP contribution >= 0.6 is 0 Å². The van der Waals surface area contributed by atoms with Crippen molar-refractivity contribution in [3.05, 3.63) is 35.4 Å². The number of carbonyl (C=O) groups excluding carboxylic acids is 1. The van der Waals surface area contributed by atoms with Gasteiger partial charge in [-0.15, -0.1) is 0 Å². The lowest BCUT2D eigenvalue weighted by atomic mass is 10.1. The Morgan fingerprint density at radius 3 is 2.50 bits per heavy atom. The van der Waals surface area contributed by atoms with E-state index in [1.807, 2.05) is 31.2 Å². The molecule has 0 aliphatic rings. The zero-order valence-corrected chi connectivity index (χ0v) is 9.86. The van der Waals surface area contributed by atoms with Crippen LogP contribution in [0.1, 0.15) is 36.2 Å². The van der Waals surface area contributed by atoms with E-state index in [1.165, 1.54) is 5.56 Å². The van der Waals surface area contributed by atoms with Gasteiger partial charge in [-0.1, -0.05) is 19.1 Å². The molecule has 3 heteroatoms. The average Bonchev–Trinajstić information content (AvgIpc) is 2.29. The van der Waals surface area contributed by atoms with Crippen molar-refractivity contribution >= 4 is 5.91 Å². The summed E-state index contributed by atoms with van der Waals surface area (Å²) in [6.45, 7) is 4.06. The van der Waals surface area contributed by atoms with Crippen molar-refractivity contribution in [1.82, 2.24) is 5.32 Å². The first-order valence-corrected chi connectivity index (χ1v) is 5.68. The second kappa shape index (κ2) is 6.28. The molecule has 1 unspecified atom stereocenters. The Kier molecular flexibility index (Phi) is 4.99. The van der Waals surface area contributed by atoms with Crippen LogP contribution in [0.4, 0.5) is 0 Å². The van der Waals surface area contributed by atoms with Crippen molar-refractivity contribution < 1.29 is 9.90 Å². The standard InChI is InChI=1S/C13H19NO2/c1-3-11-4-6-12(7-5-11)13(16)14-10(2)8-9-15/h4-7,10,15H,3,8-9H2,1-2H3,(H,14,16). The number of rotatable bonds is 5. The predicted octanol–water partition coefficient (Wildman–Crippen LogP) is 1.75. The summed E-state index contributed by atoms with van der Waals surface area (Å²) in [7, 11) is 0. The predicted molar refractivity (Wildman–Crippen MR) is 64.5 cm³/mol. The molecule has 1 rings (SSSR count). The van der Waals surface area contributed by atoms with Crippen LogP contribution in [0.2, 0.25) is 0 Å². The van der Waals surface area contributed by atoms with Crippen LogP contribution in [0, 0.1) is 0 Å². The van der Waals surface area contributed by atoms with E-state index in [4.69, 9.17) is 5.11 Å². The van der Waals surface area contributed by atoms with Gasteiger partial charge in [0.2, 0.25) is 0 Å². The maximum atomic E-state index is 11.7. The van der Waals surface area contributed by atoms with Crippen molar-refractivity contribution in [1.29, 1.82) is 0 Å². The molecule has 0 bridgehead atoms. The van der Waals surface area contributed by atoms with Crippen molar-refractivity contribution in [3.8, 4) is 0 Å². The highest BCUT2D eigenvalue weighted by Crippen LogP contribution is 2.05. The SMILES string of the molecule is CCc1ccc(C(=O)NC(C)CCO)cc1. The van der Waals surface area contributed by atoms with Gasteiger partial charge in [-0.3, -0.25) is 4.79 Å². The van der Waals surface area contributed by atoms with Crippen molar-refractivity contribution in [3.63, 3.8) is 0 Å². The molecule has 16 heavy (non-hydrogen) atoms. The van der Waals surface area contributed by atoms with Gasteiger partial charge in [0.05, 0.1) is 0 Å². The van der Waals surface area contributed by atoms with Crippen LogP contribution in [-0.4, -0.2) is 23.7 Å². The summed E-state index contributed by atoms with van der Waals surface area (Å²) in [5.41, 5.74) is 1.89. The summed E-state index contributed by atoms with van der Waals surface area (Å²) < 4.78 is 0. The molecule has 1 amide bonds. The van der Waals surface area contributed by atoms with Crippen LogP contribution < -0.4 is 5.32 Å². The first-order valence-electron chi connectivity index (χ1n) is 5.68. The van der Waals surface area contributed by atoms with Gasteiger partial charge in [0.25, 0.3) is 5.91 Å². The minimum Gasteiger partial charge on any atom is -0.396 e. The van der Waals surface area contributed by atoms with Gasteiger partial charge < -0.3 is 10.4 Å². The molecule has 1 aromatic rings. The van der Waals surface area contributed by atoms with Gasteiger partial charge in [-0.25, -0.2) is 0 Å². The van der Waals surface area contributed by atoms with Crippen LogP contribution in [0.15, 0.2) is 24.3 Å². The number of carbonyl (C=O) groups is 1. The first-order chi connectivity index (χ1) is 7.67. The molecule has 0 spiro atoms. The van der Waals surface area contributed by atoms with Crippen LogP contribution in [0.3, 0.4) is 0 Å². The first kappa shape index (κ1) is 12.7. The average molecular weight is 221 g/mol. The number of amides is 1. The quantitative estimate of drug-likeness (QED) is 0.795. The molecule has 1 atom stereocenters. The number of aryl methyl sites for hydroxylation is 1. The third-order valence-electron chi connectivity index (χ3n) is 2.56. The Morgan fingerprint density at radius 1 is 1.38 bits per heavy atom. The Balaban J connectivity index is 2.59. The molecule has 88 valence electrons. The summed E-state index contributed by atoms with van der Waals surface area (Å²) in [5, 5.41) is 11.6. The number of hydrogen-bond donors (Lipinski definition) is 2. The molecule has 3 nitrogen and oxygen atoms in total. The minimum absolute atomic E-state index is 0.00310. The Bertz CT molecular complexity index is 332. The van der Waals surface area contributed by atoms with E-state index in [2.05, 4.69) is 12.2 Å². The van der Waals surface area contributed by atoms with Gasteiger partial charge in [-0.05, 0) is 37.5 Å². The van der Waals surface area contributed by atoms with Gasteiger partial charge >= 0.3 is 0 Å². The van der Waals surface area contributed by atoms with Crippen LogP contribution in [0.5, 0.6) is 0 Å². The highest BCUT2D eigenvalue weighted by atomic mass is 16.3. The third-order valence-corrected chi connectivity index (χ3v) is 2.56.